The summed E-state index contributed by atoms with van der Waals surface area (Å²) in [4.78, 5) is 4.60. The van der Waals surface area contributed by atoms with Crippen molar-refractivity contribution in [2.75, 3.05) is 13.1 Å². The van der Waals surface area contributed by atoms with Gasteiger partial charge in [-0.05, 0) is 19.1 Å². The highest BCUT2D eigenvalue weighted by Crippen LogP contribution is 2.29. The van der Waals surface area contributed by atoms with Crippen LogP contribution in [0.15, 0.2) is 21.9 Å². The molecule has 0 unspecified atom stereocenters. The minimum atomic E-state index is 0.611. The molecule has 0 aromatic carbocycles. The van der Waals surface area contributed by atoms with E-state index in [1.807, 2.05) is 19.1 Å². The van der Waals surface area contributed by atoms with Gasteiger partial charge in [-0.25, -0.2) is 4.98 Å². The summed E-state index contributed by atoms with van der Waals surface area (Å²) in [5.41, 5.74) is 0.968. The Labute approximate surface area is 92.1 Å². The summed E-state index contributed by atoms with van der Waals surface area (Å²) >= 11 is 1.73. The second-order valence-corrected chi connectivity index (χ2v) is 4.73. The van der Waals surface area contributed by atoms with Crippen molar-refractivity contribution >= 4 is 11.3 Å². The number of aryl methyl sites for hydroxylation is 1. The fourth-order valence-electron chi connectivity index (χ4n) is 1.62. The molecule has 2 aromatic rings. The van der Waals surface area contributed by atoms with Crippen molar-refractivity contribution in [2.24, 2.45) is 0 Å². The van der Waals surface area contributed by atoms with Crippen molar-refractivity contribution < 1.29 is 4.42 Å². The van der Waals surface area contributed by atoms with E-state index in [1.165, 1.54) is 5.01 Å². The zero-order valence-electron chi connectivity index (χ0n) is 8.49. The number of hydrogen-bond donors (Lipinski definition) is 1. The van der Waals surface area contributed by atoms with Crippen molar-refractivity contribution in [3.05, 3.63) is 28.3 Å². The maximum atomic E-state index is 5.54. The molecular weight excluding hydrogens is 208 g/mol. The first-order valence-electron chi connectivity index (χ1n) is 5.06. The highest BCUT2D eigenvalue weighted by Gasteiger charge is 2.22. The van der Waals surface area contributed by atoms with E-state index in [-0.39, 0.29) is 0 Å². The summed E-state index contributed by atoms with van der Waals surface area (Å²) in [7, 11) is 0. The summed E-state index contributed by atoms with van der Waals surface area (Å²) in [5.74, 6) is 2.42. The lowest BCUT2D eigenvalue weighted by molar-refractivity contribution is 0.447. The van der Waals surface area contributed by atoms with E-state index in [4.69, 9.17) is 4.42 Å². The Balaban J connectivity index is 1.89. The van der Waals surface area contributed by atoms with Gasteiger partial charge in [0.25, 0.3) is 0 Å². The van der Waals surface area contributed by atoms with Crippen LogP contribution in [0.1, 0.15) is 16.7 Å². The van der Waals surface area contributed by atoms with Crippen LogP contribution >= 0.6 is 11.3 Å². The van der Waals surface area contributed by atoms with E-state index in [2.05, 4.69) is 15.7 Å². The lowest BCUT2D eigenvalue weighted by atomic mass is 10.1. The van der Waals surface area contributed by atoms with E-state index in [1.54, 1.807) is 11.3 Å². The third-order valence-corrected chi connectivity index (χ3v) is 3.65. The SMILES string of the molecule is Cc1ccc(-c2csc(C3CNC3)n2)o1. The van der Waals surface area contributed by atoms with Crippen LogP contribution in [0.5, 0.6) is 0 Å². The standard InChI is InChI=1S/C11H12N2OS/c1-7-2-3-10(14-7)9-6-15-11(13-9)8-4-12-5-8/h2-3,6,8,12H,4-5H2,1H3. The van der Waals surface area contributed by atoms with E-state index in [9.17, 15) is 0 Å². The Morgan fingerprint density at radius 2 is 2.33 bits per heavy atom. The van der Waals surface area contributed by atoms with Gasteiger partial charge in [0.15, 0.2) is 5.76 Å². The third-order valence-electron chi connectivity index (χ3n) is 2.65. The Bertz CT molecular complexity index is 470. The number of rotatable bonds is 2. The molecule has 78 valence electrons. The maximum absolute atomic E-state index is 5.54. The smallest absolute Gasteiger partial charge is 0.153 e. The molecule has 15 heavy (non-hydrogen) atoms. The van der Waals surface area contributed by atoms with Gasteiger partial charge in [-0.2, -0.15) is 0 Å². The van der Waals surface area contributed by atoms with Crippen molar-refractivity contribution in [1.29, 1.82) is 0 Å². The molecule has 1 aliphatic rings. The van der Waals surface area contributed by atoms with Gasteiger partial charge >= 0.3 is 0 Å². The van der Waals surface area contributed by atoms with Crippen molar-refractivity contribution in [3.63, 3.8) is 0 Å². The molecular formula is C11H12N2OS. The molecule has 3 rings (SSSR count). The first kappa shape index (κ1) is 9.12. The largest absolute Gasteiger partial charge is 0.460 e. The molecule has 0 bridgehead atoms. The minimum Gasteiger partial charge on any atom is -0.460 e. The second kappa shape index (κ2) is 3.47. The normalized spacial score (nSPS) is 16.6. The van der Waals surface area contributed by atoms with Gasteiger partial charge in [0, 0.05) is 24.4 Å². The third kappa shape index (κ3) is 1.60. The number of hydrogen-bond acceptors (Lipinski definition) is 4. The molecule has 0 saturated carbocycles. The van der Waals surface area contributed by atoms with Crippen molar-refractivity contribution in [1.82, 2.24) is 10.3 Å². The monoisotopic (exact) mass is 220 g/mol. The topological polar surface area (TPSA) is 38.1 Å². The fraction of sp³-hybridized carbons (Fsp3) is 0.364. The molecule has 1 N–H and O–H groups in total. The summed E-state index contributed by atoms with van der Waals surface area (Å²) in [6.45, 7) is 4.07. The van der Waals surface area contributed by atoms with E-state index >= 15 is 0 Å². The van der Waals surface area contributed by atoms with Crippen LogP contribution in [-0.4, -0.2) is 18.1 Å². The quantitative estimate of drug-likeness (QED) is 0.844. The molecule has 0 amide bonds. The van der Waals surface area contributed by atoms with Crippen LogP contribution < -0.4 is 5.32 Å². The summed E-state index contributed by atoms with van der Waals surface area (Å²) < 4.78 is 5.54. The highest BCUT2D eigenvalue weighted by molar-refractivity contribution is 7.10. The van der Waals surface area contributed by atoms with Crippen LogP contribution in [0, 0.1) is 6.92 Å². The van der Waals surface area contributed by atoms with E-state index < -0.39 is 0 Å². The van der Waals surface area contributed by atoms with Gasteiger partial charge in [-0.1, -0.05) is 0 Å². The summed E-state index contributed by atoms with van der Waals surface area (Å²) in [6.07, 6.45) is 0. The van der Waals surface area contributed by atoms with Gasteiger partial charge in [-0.3, -0.25) is 0 Å². The minimum absolute atomic E-state index is 0.611. The molecule has 0 aliphatic carbocycles. The molecule has 3 nitrogen and oxygen atoms in total. The average molecular weight is 220 g/mol. The number of nitrogens with one attached hydrogen (secondary N) is 1. The first-order valence-corrected chi connectivity index (χ1v) is 5.94. The van der Waals surface area contributed by atoms with Crippen molar-refractivity contribution in [2.45, 2.75) is 12.8 Å². The number of aromatic nitrogens is 1. The Kier molecular flexibility index (Phi) is 2.11. The molecule has 0 spiro atoms. The molecule has 1 saturated heterocycles. The van der Waals surface area contributed by atoms with Gasteiger partial charge in [-0.15, -0.1) is 11.3 Å². The van der Waals surface area contributed by atoms with Gasteiger partial charge < -0.3 is 9.73 Å². The van der Waals surface area contributed by atoms with Crippen LogP contribution in [0.3, 0.4) is 0 Å². The number of furan rings is 1. The fourth-order valence-corrected chi connectivity index (χ4v) is 2.54. The molecule has 0 atom stereocenters. The number of nitrogens with zero attached hydrogens (tertiary/aromatic N) is 1. The Morgan fingerprint density at radius 1 is 1.47 bits per heavy atom. The van der Waals surface area contributed by atoms with Crippen LogP contribution in [0.4, 0.5) is 0 Å². The molecule has 4 heteroatoms. The molecule has 2 aromatic heterocycles. The predicted octanol–water partition coefficient (Wildman–Crippen LogP) is 2.40. The van der Waals surface area contributed by atoms with E-state index in [0.717, 1.165) is 30.3 Å². The van der Waals surface area contributed by atoms with Crippen LogP contribution in [0.25, 0.3) is 11.5 Å². The van der Waals surface area contributed by atoms with Crippen molar-refractivity contribution in [3.8, 4) is 11.5 Å². The molecule has 1 aliphatic heterocycles. The lowest BCUT2D eigenvalue weighted by Crippen LogP contribution is -2.39. The summed E-state index contributed by atoms with van der Waals surface area (Å²) in [5, 5.41) is 6.55. The second-order valence-electron chi connectivity index (χ2n) is 3.84. The number of thiazole rings is 1. The lowest BCUT2D eigenvalue weighted by Gasteiger charge is -2.24. The Morgan fingerprint density at radius 3 is 2.93 bits per heavy atom. The maximum Gasteiger partial charge on any atom is 0.153 e. The molecule has 0 radical (unpaired) electrons. The predicted molar refractivity (Wildman–Crippen MR) is 60.2 cm³/mol. The molecule has 3 heterocycles. The molecule has 1 fully saturated rings. The van der Waals surface area contributed by atoms with Gasteiger partial charge in [0.1, 0.15) is 11.5 Å². The van der Waals surface area contributed by atoms with Gasteiger partial charge in [0.2, 0.25) is 0 Å². The van der Waals surface area contributed by atoms with E-state index in [0.29, 0.717) is 5.92 Å². The van der Waals surface area contributed by atoms with Gasteiger partial charge in [0.05, 0.1) is 5.01 Å². The Hall–Kier alpha value is -1.13. The van der Waals surface area contributed by atoms with Crippen LogP contribution in [0.2, 0.25) is 0 Å². The zero-order chi connectivity index (χ0) is 10.3. The summed E-state index contributed by atoms with van der Waals surface area (Å²) in [6, 6.07) is 3.95. The average Bonchev–Trinajstić information content (AvgIpc) is 2.70. The highest BCUT2D eigenvalue weighted by atomic mass is 32.1. The zero-order valence-corrected chi connectivity index (χ0v) is 9.30. The first-order chi connectivity index (χ1) is 7.33. The van der Waals surface area contributed by atoms with Crippen LogP contribution in [-0.2, 0) is 0 Å².